The van der Waals surface area contributed by atoms with Gasteiger partial charge in [0.15, 0.2) is 0 Å². The van der Waals surface area contributed by atoms with Crippen molar-refractivity contribution >= 4 is 29.2 Å². The topological polar surface area (TPSA) is 93.0 Å². The lowest BCUT2D eigenvalue weighted by molar-refractivity contribution is -0.385. The first-order valence-electron chi connectivity index (χ1n) is 10.0. The lowest BCUT2D eigenvalue weighted by Gasteiger charge is -2.38. The Hall–Kier alpha value is -2.97. The second-order valence-electron chi connectivity index (χ2n) is 7.26. The van der Waals surface area contributed by atoms with E-state index in [2.05, 4.69) is 0 Å². The molecule has 3 rings (SSSR count). The highest BCUT2D eigenvalue weighted by atomic mass is 35.5. The number of hydrogen-bond donors (Lipinski definition) is 0. The van der Waals surface area contributed by atoms with Gasteiger partial charge >= 0.3 is 5.97 Å². The molecule has 31 heavy (non-hydrogen) atoms. The molecule has 0 bridgehead atoms. The third-order valence-corrected chi connectivity index (χ3v) is 5.56. The predicted octanol–water partition coefficient (Wildman–Crippen LogP) is 3.62. The Balaban J connectivity index is 1.77. The van der Waals surface area contributed by atoms with Gasteiger partial charge in [0.2, 0.25) is 0 Å². The number of esters is 1. The molecular weight excluding hydrogens is 422 g/mol. The van der Waals surface area contributed by atoms with Crippen LogP contribution in [0.25, 0.3) is 0 Å². The summed E-state index contributed by atoms with van der Waals surface area (Å²) in [6.45, 7) is 5.17. The van der Waals surface area contributed by atoms with E-state index in [0.717, 1.165) is 5.56 Å². The zero-order valence-electron chi connectivity index (χ0n) is 17.4. The quantitative estimate of drug-likeness (QED) is 0.383. The summed E-state index contributed by atoms with van der Waals surface area (Å²) in [5.41, 5.74) is 1.12. The summed E-state index contributed by atoms with van der Waals surface area (Å²) in [5, 5.41) is 12.0. The maximum absolute atomic E-state index is 13.0. The van der Waals surface area contributed by atoms with Crippen LogP contribution >= 0.6 is 11.6 Å². The largest absolute Gasteiger partial charge is 0.465 e. The Bertz CT molecular complexity index is 972. The molecule has 1 atom stereocenters. The van der Waals surface area contributed by atoms with Crippen molar-refractivity contribution in [3.05, 3.63) is 74.3 Å². The van der Waals surface area contributed by atoms with Gasteiger partial charge in [-0.25, -0.2) is 4.79 Å². The van der Waals surface area contributed by atoms with E-state index in [4.69, 9.17) is 16.3 Å². The first-order chi connectivity index (χ1) is 14.8. The fourth-order valence-corrected chi connectivity index (χ4v) is 3.92. The smallest absolute Gasteiger partial charge is 0.328 e. The molecule has 1 saturated heterocycles. The maximum atomic E-state index is 13.0. The Morgan fingerprint density at radius 2 is 1.77 bits per heavy atom. The molecule has 0 aliphatic carbocycles. The number of carbonyl (C=O) groups is 2. The normalized spacial score (nSPS) is 15.4. The summed E-state index contributed by atoms with van der Waals surface area (Å²) >= 11 is 5.98. The summed E-state index contributed by atoms with van der Waals surface area (Å²) in [4.78, 5) is 40.1. The summed E-state index contributed by atoms with van der Waals surface area (Å²) in [6, 6.07) is 11.2. The first-order valence-corrected chi connectivity index (χ1v) is 10.4. The summed E-state index contributed by atoms with van der Waals surface area (Å²) in [5.74, 6) is -0.742. The van der Waals surface area contributed by atoms with Crippen molar-refractivity contribution in [3.8, 4) is 0 Å². The lowest BCUT2D eigenvalue weighted by atomic mass is 10.0. The number of piperazine rings is 1. The average molecular weight is 446 g/mol. The molecule has 0 aromatic heterocycles. The standard InChI is InChI=1S/C22H24ClN3O5/c1-3-31-22(28)20(16-7-9-17(23)10-8-16)24-11-13-25(14-12-24)21(27)18-6-4-5-15(2)19(18)26(29)30/h4-10,20H,3,11-14H2,1-2H3. The molecule has 1 unspecified atom stereocenters. The highest BCUT2D eigenvalue weighted by molar-refractivity contribution is 6.30. The van der Waals surface area contributed by atoms with E-state index in [1.165, 1.54) is 6.07 Å². The molecule has 164 valence electrons. The molecule has 1 aliphatic heterocycles. The van der Waals surface area contributed by atoms with Gasteiger partial charge in [-0.3, -0.25) is 19.8 Å². The number of carbonyl (C=O) groups excluding carboxylic acids is 2. The zero-order chi connectivity index (χ0) is 22.5. The Morgan fingerprint density at radius 3 is 2.35 bits per heavy atom. The van der Waals surface area contributed by atoms with Gasteiger partial charge in [0.25, 0.3) is 11.6 Å². The van der Waals surface area contributed by atoms with E-state index < -0.39 is 11.0 Å². The van der Waals surface area contributed by atoms with Crippen LogP contribution in [0.4, 0.5) is 5.69 Å². The zero-order valence-corrected chi connectivity index (χ0v) is 18.2. The SMILES string of the molecule is CCOC(=O)C(c1ccc(Cl)cc1)N1CCN(C(=O)c2cccc(C)c2[N+](=O)[O-])CC1. The van der Waals surface area contributed by atoms with Crippen LogP contribution in [0.2, 0.25) is 5.02 Å². The number of nitro groups is 1. The molecule has 8 nitrogen and oxygen atoms in total. The minimum Gasteiger partial charge on any atom is -0.465 e. The molecule has 0 spiro atoms. The number of nitro benzene ring substituents is 1. The van der Waals surface area contributed by atoms with Gasteiger partial charge in [-0.1, -0.05) is 35.9 Å². The van der Waals surface area contributed by atoms with E-state index in [0.29, 0.717) is 36.8 Å². The number of rotatable bonds is 6. The molecule has 2 aromatic rings. The second kappa shape index (κ2) is 9.89. The second-order valence-corrected chi connectivity index (χ2v) is 7.70. The van der Waals surface area contributed by atoms with Gasteiger partial charge < -0.3 is 9.64 Å². The molecule has 9 heteroatoms. The fourth-order valence-electron chi connectivity index (χ4n) is 3.79. The van der Waals surface area contributed by atoms with Crippen LogP contribution in [-0.4, -0.2) is 59.4 Å². The van der Waals surface area contributed by atoms with E-state index in [1.54, 1.807) is 55.1 Å². The predicted molar refractivity (Wildman–Crippen MR) is 116 cm³/mol. The van der Waals surface area contributed by atoms with Crippen molar-refractivity contribution in [2.24, 2.45) is 0 Å². The van der Waals surface area contributed by atoms with Crippen molar-refractivity contribution in [2.75, 3.05) is 32.8 Å². The van der Waals surface area contributed by atoms with Crippen molar-refractivity contribution in [1.82, 2.24) is 9.80 Å². The molecule has 0 saturated carbocycles. The number of aryl methyl sites for hydroxylation is 1. The number of para-hydroxylation sites is 1. The summed E-state index contributed by atoms with van der Waals surface area (Å²) in [6.07, 6.45) is 0. The number of halogens is 1. The number of hydrogen-bond acceptors (Lipinski definition) is 6. The molecule has 1 heterocycles. The van der Waals surface area contributed by atoms with Crippen molar-refractivity contribution < 1.29 is 19.2 Å². The molecule has 1 fully saturated rings. The van der Waals surface area contributed by atoms with E-state index >= 15 is 0 Å². The van der Waals surface area contributed by atoms with Crippen LogP contribution < -0.4 is 0 Å². The molecular formula is C22H24ClN3O5. The number of benzene rings is 2. The number of nitrogens with zero attached hydrogens (tertiary/aromatic N) is 3. The van der Waals surface area contributed by atoms with Crippen LogP contribution in [0.5, 0.6) is 0 Å². The van der Waals surface area contributed by atoms with Gasteiger partial charge in [-0.05, 0) is 37.6 Å². The van der Waals surface area contributed by atoms with Crippen molar-refractivity contribution in [1.29, 1.82) is 0 Å². The van der Waals surface area contributed by atoms with E-state index in [1.807, 2.05) is 4.90 Å². The van der Waals surface area contributed by atoms with Crippen LogP contribution in [0, 0.1) is 17.0 Å². The van der Waals surface area contributed by atoms with Gasteiger partial charge in [-0.15, -0.1) is 0 Å². The lowest BCUT2D eigenvalue weighted by Crippen LogP contribution is -2.51. The highest BCUT2D eigenvalue weighted by Gasteiger charge is 2.34. The first kappa shape index (κ1) is 22.7. The Labute approximate surface area is 185 Å². The molecule has 0 N–H and O–H groups in total. The third-order valence-electron chi connectivity index (χ3n) is 5.31. The van der Waals surface area contributed by atoms with Crippen molar-refractivity contribution in [3.63, 3.8) is 0 Å². The van der Waals surface area contributed by atoms with Gasteiger partial charge in [0.1, 0.15) is 11.6 Å². The maximum Gasteiger partial charge on any atom is 0.328 e. The average Bonchev–Trinajstić information content (AvgIpc) is 2.75. The Morgan fingerprint density at radius 1 is 1.13 bits per heavy atom. The van der Waals surface area contributed by atoms with Gasteiger partial charge in [0, 0.05) is 36.8 Å². The van der Waals surface area contributed by atoms with Gasteiger partial charge in [0.05, 0.1) is 11.5 Å². The monoisotopic (exact) mass is 445 g/mol. The van der Waals surface area contributed by atoms with Crippen LogP contribution in [-0.2, 0) is 9.53 Å². The van der Waals surface area contributed by atoms with E-state index in [9.17, 15) is 19.7 Å². The minimum atomic E-state index is -0.609. The van der Waals surface area contributed by atoms with Crippen LogP contribution in [0.1, 0.15) is 34.5 Å². The van der Waals surface area contributed by atoms with Crippen molar-refractivity contribution in [2.45, 2.75) is 19.9 Å². The fraction of sp³-hybridized carbons (Fsp3) is 0.364. The Kier molecular flexibility index (Phi) is 7.25. The van der Waals surface area contributed by atoms with Gasteiger partial charge in [-0.2, -0.15) is 0 Å². The number of amides is 1. The molecule has 1 aliphatic rings. The van der Waals surface area contributed by atoms with Crippen LogP contribution in [0.3, 0.4) is 0 Å². The highest BCUT2D eigenvalue weighted by Crippen LogP contribution is 2.28. The number of ether oxygens (including phenoxy) is 1. The molecule has 2 aromatic carbocycles. The van der Waals surface area contributed by atoms with E-state index in [-0.39, 0.29) is 29.7 Å². The van der Waals surface area contributed by atoms with Crippen LogP contribution in [0.15, 0.2) is 42.5 Å². The molecule has 1 amide bonds. The third kappa shape index (κ3) is 5.03. The summed E-state index contributed by atoms with van der Waals surface area (Å²) in [7, 11) is 0. The summed E-state index contributed by atoms with van der Waals surface area (Å²) < 4.78 is 5.27. The minimum absolute atomic E-state index is 0.0816. The molecule has 0 radical (unpaired) electrons.